The van der Waals surface area contributed by atoms with E-state index in [4.69, 9.17) is 4.74 Å². The number of carbonyl (C=O) groups is 2. The number of hydrogen-bond donors (Lipinski definition) is 1. The highest BCUT2D eigenvalue weighted by molar-refractivity contribution is 5.89. The molecule has 2 saturated heterocycles. The number of amides is 3. The fourth-order valence-corrected chi connectivity index (χ4v) is 3.44. The summed E-state index contributed by atoms with van der Waals surface area (Å²) in [6.07, 6.45) is 2.58. The van der Waals surface area contributed by atoms with Gasteiger partial charge in [0.25, 0.3) is 5.91 Å². The summed E-state index contributed by atoms with van der Waals surface area (Å²) >= 11 is 0. The van der Waals surface area contributed by atoms with Gasteiger partial charge in [0, 0.05) is 38.5 Å². The number of anilines is 1. The number of benzene rings is 1. The third-order valence-electron chi connectivity index (χ3n) is 5.43. The van der Waals surface area contributed by atoms with E-state index in [2.05, 4.69) is 31.3 Å². The molecule has 2 heterocycles. The topological polar surface area (TPSA) is 61.9 Å². The van der Waals surface area contributed by atoms with Gasteiger partial charge in [0.05, 0.1) is 0 Å². The first kappa shape index (κ1) is 18.7. The first-order chi connectivity index (χ1) is 12.6. The van der Waals surface area contributed by atoms with Gasteiger partial charge in [-0.3, -0.25) is 4.79 Å². The van der Waals surface area contributed by atoms with Crippen LogP contribution in [0, 0.1) is 0 Å². The van der Waals surface area contributed by atoms with Gasteiger partial charge in [0.15, 0.2) is 0 Å². The van der Waals surface area contributed by atoms with E-state index in [1.807, 2.05) is 17.0 Å². The van der Waals surface area contributed by atoms with Crippen LogP contribution in [0.15, 0.2) is 24.3 Å². The molecule has 3 amide bonds. The Morgan fingerprint density at radius 1 is 1.15 bits per heavy atom. The van der Waals surface area contributed by atoms with E-state index in [9.17, 15) is 9.59 Å². The van der Waals surface area contributed by atoms with Crippen molar-refractivity contribution >= 4 is 17.6 Å². The van der Waals surface area contributed by atoms with Crippen molar-refractivity contribution < 1.29 is 14.3 Å². The van der Waals surface area contributed by atoms with Gasteiger partial charge in [0.2, 0.25) is 0 Å². The second-order valence-corrected chi connectivity index (χ2v) is 7.18. The van der Waals surface area contributed by atoms with Crippen molar-refractivity contribution in [3.63, 3.8) is 0 Å². The Bertz CT molecular complexity index is 618. The molecule has 0 aromatic heterocycles. The predicted octanol–water partition coefficient (Wildman–Crippen LogP) is 3.06. The van der Waals surface area contributed by atoms with Crippen LogP contribution in [0.2, 0.25) is 0 Å². The molecule has 0 saturated carbocycles. The molecule has 0 spiro atoms. The Hall–Kier alpha value is -2.08. The molecule has 0 bridgehead atoms. The number of nitrogens with zero attached hydrogens (tertiary/aromatic N) is 2. The van der Waals surface area contributed by atoms with Gasteiger partial charge in [-0.1, -0.05) is 26.0 Å². The van der Waals surface area contributed by atoms with Crippen LogP contribution < -0.4 is 5.32 Å². The second-order valence-electron chi connectivity index (χ2n) is 7.18. The lowest BCUT2D eigenvalue weighted by Crippen LogP contribution is -2.53. The van der Waals surface area contributed by atoms with Crippen LogP contribution >= 0.6 is 0 Å². The highest BCUT2D eigenvalue weighted by Crippen LogP contribution is 2.21. The molecular formula is C20H29N3O3. The van der Waals surface area contributed by atoms with Crippen molar-refractivity contribution in [2.75, 3.05) is 38.1 Å². The summed E-state index contributed by atoms with van der Waals surface area (Å²) in [6.45, 7) is 7.28. The number of piperazine rings is 1. The van der Waals surface area contributed by atoms with Gasteiger partial charge < -0.3 is 19.9 Å². The lowest BCUT2D eigenvalue weighted by molar-refractivity contribution is -0.142. The van der Waals surface area contributed by atoms with E-state index in [1.54, 1.807) is 4.90 Å². The molecule has 2 aliphatic rings. The molecule has 6 nitrogen and oxygen atoms in total. The fourth-order valence-electron chi connectivity index (χ4n) is 3.44. The van der Waals surface area contributed by atoms with E-state index in [0.29, 0.717) is 38.7 Å². The molecule has 142 valence electrons. The molecule has 0 aliphatic carbocycles. The van der Waals surface area contributed by atoms with Crippen molar-refractivity contribution in [3.05, 3.63) is 29.8 Å². The number of ether oxygens (including phenoxy) is 1. The van der Waals surface area contributed by atoms with Crippen LogP contribution in [0.5, 0.6) is 0 Å². The van der Waals surface area contributed by atoms with Crippen LogP contribution in [0.25, 0.3) is 0 Å². The fraction of sp³-hybridized carbons (Fsp3) is 0.600. The molecule has 26 heavy (non-hydrogen) atoms. The Balaban J connectivity index is 1.48. The zero-order chi connectivity index (χ0) is 18.5. The average molecular weight is 359 g/mol. The standard InChI is InChI=1S/C20H29N3O3/c1-3-15(2)16-6-8-17(9-7-16)21-20(25)23-12-10-22(11-13-23)19(24)18-5-4-14-26-18/h6-9,15,18H,3-5,10-14H2,1-2H3,(H,21,25)/t15-,18+/m1/s1. The van der Waals surface area contributed by atoms with Crippen molar-refractivity contribution in [2.45, 2.75) is 45.1 Å². The lowest BCUT2D eigenvalue weighted by Gasteiger charge is -2.35. The predicted molar refractivity (Wildman–Crippen MR) is 101 cm³/mol. The highest BCUT2D eigenvalue weighted by atomic mass is 16.5. The maximum Gasteiger partial charge on any atom is 0.321 e. The monoisotopic (exact) mass is 359 g/mol. The van der Waals surface area contributed by atoms with Crippen LogP contribution in [-0.4, -0.2) is 60.6 Å². The molecule has 2 aliphatic heterocycles. The molecular weight excluding hydrogens is 330 g/mol. The van der Waals surface area contributed by atoms with E-state index < -0.39 is 0 Å². The summed E-state index contributed by atoms with van der Waals surface area (Å²) in [5, 5.41) is 2.95. The number of nitrogens with one attached hydrogen (secondary N) is 1. The van der Waals surface area contributed by atoms with Gasteiger partial charge in [0.1, 0.15) is 6.10 Å². The Morgan fingerprint density at radius 2 is 1.81 bits per heavy atom. The summed E-state index contributed by atoms with van der Waals surface area (Å²) in [5.41, 5.74) is 2.09. The van der Waals surface area contributed by atoms with Gasteiger partial charge >= 0.3 is 6.03 Å². The molecule has 1 N–H and O–H groups in total. The van der Waals surface area contributed by atoms with Crippen molar-refractivity contribution in [3.8, 4) is 0 Å². The quantitative estimate of drug-likeness (QED) is 0.899. The molecule has 1 aromatic rings. The van der Waals surface area contributed by atoms with E-state index in [0.717, 1.165) is 24.9 Å². The highest BCUT2D eigenvalue weighted by Gasteiger charge is 2.31. The van der Waals surface area contributed by atoms with E-state index >= 15 is 0 Å². The third-order valence-corrected chi connectivity index (χ3v) is 5.43. The summed E-state index contributed by atoms with van der Waals surface area (Å²) in [4.78, 5) is 28.4. The second kappa shape index (κ2) is 8.54. The molecule has 0 unspecified atom stereocenters. The van der Waals surface area contributed by atoms with Gasteiger partial charge in [-0.2, -0.15) is 0 Å². The first-order valence-corrected chi connectivity index (χ1v) is 9.64. The number of hydrogen-bond acceptors (Lipinski definition) is 3. The zero-order valence-corrected chi connectivity index (χ0v) is 15.7. The van der Waals surface area contributed by atoms with Gasteiger partial charge in [-0.15, -0.1) is 0 Å². The van der Waals surface area contributed by atoms with E-state index in [1.165, 1.54) is 5.56 Å². The number of urea groups is 1. The van der Waals surface area contributed by atoms with Crippen LogP contribution in [0.3, 0.4) is 0 Å². The minimum Gasteiger partial charge on any atom is -0.368 e. The van der Waals surface area contributed by atoms with Crippen molar-refractivity contribution in [1.29, 1.82) is 0 Å². The molecule has 6 heteroatoms. The van der Waals surface area contributed by atoms with Crippen molar-refractivity contribution in [2.24, 2.45) is 0 Å². The number of rotatable bonds is 4. The molecule has 2 atom stereocenters. The first-order valence-electron chi connectivity index (χ1n) is 9.64. The summed E-state index contributed by atoms with van der Waals surface area (Å²) in [6, 6.07) is 7.95. The minimum atomic E-state index is -0.278. The minimum absolute atomic E-state index is 0.0724. The van der Waals surface area contributed by atoms with Gasteiger partial charge in [-0.25, -0.2) is 4.79 Å². The largest absolute Gasteiger partial charge is 0.368 e. The molecule has 1 aromatic carbocycles. The smallest absolute Gasteiger partial charge is 0.321 e. The Labute approximate surface area is 155 Å². The average Bonchev–Trinajstić information content (AvgIpc) is 3.22. The normalized spacial score (nSPS) is 21.5. The summed E-state index contributed by atoms with van der Waals surface area (Å²) < 4.78 is 5.47. The van der Waals surface area contributed by atoms with Crippen molar-refractivity contribution in [1.82, 2.24) is 9.80 Å². The number of carbonyl (C=O) groups excluding carboxylic acids is 2. The third kappa shape index (κ3) is 4.36. The molecule has 2 fully saturated rings. The SMILES string of the molecule is CC[C@@H](C)c1ccc(NC(=O)N2CCN(C(=O)[C@@H]3CCCO3)CC2)cc1. The summed E-state index contributed by atoms with van der Waals surface area (Å²) in [5.74, 6) is 0.595. The Kier molecular flexibility index (Phi) is 6.14. The maximum absolute atomic E-state index is 12.5. The van der Waals surface area contributed by atoms with Crippen LogP contribution in [-0.2, 0) is 9.53 Å². The van der Waals surface area contributed by atoms with Gasteiger partial charge in [-0.05, 0) is 42.9 Å². The lowest BCUT2D eigenvalue weighted by atomic mass is 9.99. The van der Waals surface area contributed by atoms with Crippen LogP contribution in [0.1, 0.15) is 44.6 Å². The molecule has 3 rings (SSSR count). The maximum atomic E-state index is 12.5. The van der Waals surface area contributed by atoms with Crippen LogP contribution in [0.4, 0.5) is 10.5 Å². The zero-order valence-electron chi connectivity index (χ0n) is 15.7. The van der Waals surface area contributed by atoms with E-state index in [-0.39, 0.29) is 18.0 Å². The molecule has 0 radical (unpaired) electrons. The Morgan fingerprint density at radius 3 is 2.38 bits per heavy atom. The summed E-state index contributed by atoms with van der Waals surface area (Å²) in [7, 11) is 0.